The van der Waals surface area contributed by atoms with Gasteiger partial charge in [0.05, 0.1) is 5.69 Å². The monoisotopic (exact) mass is 258 g/mol. The lowest BCUT2D eigenvalue weighted by molar-refractivity contribution is 0.0695. The third-order valence-electron chi connectivity index (χ3n) is 2.84. The maximum Gasteiger partial charge on any atom is 0.341 e. The summed E-state index contributed by atoms with van der Waals surface area (Å²) in [5.74, 6) is -1.24. The van der Waals surface area contributed by atoms with Gasteiger partial charge in [-0.2, -0.15) is 0 Å². The number of hydrogen-bond acceptors (Lipinski definition) is 3. The Hall–Kier alpha value is -2.43. The van der Waals surface area contributed by atoms with Gasteiger partial charge < -0.3 is 10.1 Å². The van der Waals surface area contributed by atoms with Crippen LogP contribution < -0.4 is 5.56 Å². The van der Waals surface area contributed by atoms with Crippen molar-refractivity contribution in [1.29, 1.82) is 0 Å². The van der Waals surface area contributed by atoms with Gasteiger partial charge in [0.15, 0.2) is 0 Å². The zero-order chi connectivity index (χ0) is 14.2. The van der Waals surface area contributed by atoms with E-state index in [9.17, 15) is 9.59 Å². The summed E-state index contributed by atoms with van der Waals surface area (Å²) >= 11 is 0. The lowest BCUT2D eigenvalue weighted by Crippen LogP contribution is -2.18. The standard InChI is InChI=1S/C14H14N2O3/c1-7-4-8(2)15-12(5-7)10-6-11(14(18)19)13(17)16-9(10)3/h4-6H,1-3H3,(H,16,17)(H,18,19). The maximum atomic E-state index is 11.5. The number of rotatable bonds is 2. The molecule has 0 aliphatic carbocycles. The van der Waals surface area contributed by atoms with Crippen molar-refractivity contribution in [2.75, 3.05) is 0 Å². The molecule has 2 aromatic heterocycles. The van der Waals surface area contributed by atoms with Crippen LogP contribution in [0.1, 0.15) is 27.3 Å². The van der Waals surface area contributed by atoms with Crippen LogP contribution >= 0.6 is 0 Å². The largest absolute Gasteiger partial charge is 0.477 e. The van der Waals surface area contributed by atoms with E-state index in [0.29, 0.717) is 17.0 Å². The molecule has 98 valence electrons. The first-order chi connectivity index (χ1) is 8.88. The summed E-state index contributed by atoms with van der Waals surface area (Å²) in [7, 11) is 0. The lowest BCUT2D eigenvalue weighted by Gasteiger charge is -2.08. The van der Waals surface area contributed by atoms with E-state index >= 15 is 0 Å². The van der Waals surface area contributed by atoms with Gasteiger partial charge in [-0.15, -0.1) is 0 Å². The Kier molecular flexibility index (Phi) is 3.21. The molecule has 0 radical (unpaired) electrons. The molecule has 0 spiro atoms. The van der Waals surface area contributed by atoms with E-state index in [1.54, 1.807) is 6.92 Å². The number of carboxylic acids is 1. The van der Waals surface area contributed by atoms with Gasteiger partial charge in [0.2, 0.25) is 0 Å². The van der Waals surface area contributed by atoms with Crippen molar-refractivity contribution in [3.63, 3.8) is 0 Å². The number of aromatic nitrogens is 2. The van der Waals surface area contributed by atoms with Crippen molar-refractivity contribution in [3.05, 3.63) is 51.1 Å². The summed E-state index contributed by atoms with van der Waals surface area (Å²) in [6, 6.07) is 5.17. The van der Waals surface area contributed by atoms with E-state index in [1.807, 2.05) is 26.0 Å². The van der Waals surface area contributed by atoms with E-state index < -0.39 is 11.5 Å². The molecule has 0 atom stereocenters. The predicted octanol–water partition coefficient (Wildman–Crippen LogP) is 2.06. The number of carboxylic acid groups (broad SMARTS) is 1. The van der Waals surface area contributed by atoms with Crippen LogP contribution in [0, 0.1) is 20.8 Å². The average molecular weight is 258 g/mol. The lowest BCUT2D eigenvalue weighted by atomic mass is 10.1. The molecule has 0 aliphatic heterocycles. The van der Waals surface area contributed by atoms with Gasteiger partial charge in [0, 0.05) is 17.0 Å². The highest BCUT2D eigenvalue weighted by Gasteiger charge is 2.14. The number of H-pyrrole nitrogens is 1. The van der Waals surface area contributed by atoms with Crippen molar-refractivity contribution >= 4 is 5.97 Å². The Labute approximate surface area is 110 Å². The molecule has 0 saturated heterocycles. The minimum atomic E-state index is -1.24. The highest BCUT2D eigenvalue weighted by atomic mass is 16.4. The molecule has 2 aromatic rings. The molecule has 19 heavy (non-hydrogen) atoms. The van der Waals surface area contributed by atoms with E-state index in [0.717, 1.165) is 11.3 Å². The number of aryl methyl sites for hydroxylation is 3. The van der Waals surface area contributed by atoms with Crippen molar-refractivity contribution < 1.29 is 9.90 Å². The fourth-order valence-corrected chi connectivity index (χ4v) is 2.03. The SMILES string of the molecule is Cc1cc(C)nc(-c2cc(C(=O)O)c(=O)[nH]c2C)c1. The van der Waals surface area contributed by atoms with Gasteiger partial charge in [0.25, 0.3) is 5.56 Å². The number of carbonyl (C=O) groups is 1. The third kappa shape index (κ3) is 2.54. The van der Waals surface area contributed by atoms with Gasteiger partial charge in [0.1, 0.15) is 5.56 Å². The van der Waals surface area contributed by atoms with E-state index in [-0.39, 0.29) is 5.56 Å². The Bertz CT molecular complexity index is 697. The van der Waals surface area contributed by atoms with Gasteiger partial charge in [-0.05, 0) is 44.5 Å². The molecular formula is C14H14N2O3. The fourth-order valence-electron chi connectivity index (χ4n) is 2.03. The fraction of sp³-hybridized carbons (Fsp3) is 0.214. The Morgan fingerprint density at radius 3 is 2.47 bits per heavy atom. The number of aromatic amines is 1. The van der Waals surface area contributed by atoms with Crippen LogP contribution in [0.3, 0.4) is 0 Å². The quantitative estimate of drug-likeness (QED) is 0.863. The predicted molar refractivity (Wildman–Crippen MR) is 71.5 cm³/mol. The highest BCUT2D eigenvalue weighted by Crippen LogP contribution is 2.21. The van der Waals surface area contributed by atoms with Crippen molar-refractivity contribution in [3.8, 4) is 11.3 Å². The van der Waals surface area contributed by atoms with E-state index in [2.05, 4.69) is 9.97 Å². The van der Waals surface area contributed by atoms with Crippen molar-refractivity contribution in [1.82, 2.24) is 9.97 Å². The molecule has 5 nitrogen and oxygen atoms in total. The Morgan fingerprint density at radius 2 is 1.89 bits per heavy atom. The summed E-state index contributed by atoms with van der Waals surface area (Å²) < 4.78 is 0. The number of aromatic carboxylic acids is 1. The zero-order valence-corrected chi connectivity index (χ0v) is 10.9. The van der Waals surface area contributed by atoms with E-state index in [1.165, 1.54) is 6.07 Å². The summed E-state index contributed by atoms with van der Waals surface area (Å²) in [4.78, 5) is 29.5. The molecule has 2 N–H and O–H groups in total. The number of pyridine rings is 2. The molecule has 0 bridgehead atoms. The third-order valence-corrected chi connectivity index (χ3v) is 2.84. The van der Waals surface area contributed by atoms with Crippen LogP contribution in [-0.4, -0.2) is 21.0 Å². The molecule has 2 rings (SSSR count). The second-order valence-corrected chi connectivity index (χ2v) is 4.53. The molecule has 5 heteroatoms. The second-order valence-electron chi connectivity index (χ2n) is 4.53. The summed E-state index contributed by atoms with van der Waals surface area (Å²) in [6.45, 7) is 5.54. The van der Waals surface area contributed by atoms with Crippen LogP contribution in [0.2, 0.25) is 0 Å². The zero-order valence-electron chi connectivity index (χ0n) is 10.9. The first kappa shape index (κ1) is 13.0. The Morgan fingerprint density at radius 1 is 1.21 bits per heavy atom. The summed E-state index contributed by atoms with van der Waals surface area (Å²) in [5.41, 5.74) is 2.90. The molecule has 2 heterocycles. The highest BCUT2D eigenvalue weighted by molar-refractivity contribution is 5.88. The topological polar surface area (TPSA) is 83.0 Å². The van der Waals surface area contributed by atoms with E-state index in [4.69, 9.17) is 5.11 Å². The van der Waals surface area contributed by atoms with Crippen LogP contribution in [0.4, 0.5) is 0 Å². The molecule has 0 saturated carbocycles. The number of nitrogens with zero attached hydrogens (tertiary/aromatic N) is 1. The molecule has 0 unspecified atom stereocenters. The number of nitrogens with one attached hydrogen (secondary N) is 1. The maximum absolute atomic E-state index is 11.5. The van der Waals surface area contributed by atoms with Gasteiger partial charge >= 0.3 is 5.97 Å². The normalized spacial score (nSPS) is 10.5. The Balaban J connectivity index is 2.71. The van der Waals surface area contributed by atoms with Crippen molar-refractivity contribution in [2.45, 2.75) is 20.8 Å². The first-order valence-corrected chi connectivity index (χ1v) is 5.81. The molecule has 0 aromatic carbocycles. The summed E-state index contributed by atoms with van der Waals surface area (Å²) in [6.07, 6.45) is 0. The number of hydrogen-bond donors (Lipinski definition) is 2. The molecular weight excluding hydrogens is 244 g/mol. The smallest absolute Gasteiger partial charge is 0.341 e. The summed E-state index contributed by atoms with van der Waals surface area (Å²) in [5, 5.41) is 9.00. The van der Waals surface area contributed by atoms with Crippen molar-refractivity contribution in [2.24, 2.45) is 0 Å². The van der Waals surface area contributed by atoms with Gasteiger partial charge in [-0.1, -0.05) is 0 Å². The van der Waals surface area contributed by atoms with Crippen LogP contribution in [-0.2, 0) is 0 Å². The molecule has 0 amide bonds. The molecule has 0 fully saturated rings. The first-order valence-electron chi connectivity index (χ1n) is 5.81. The van der Waals surface area contributed by atoms with Crippen LogP contribution in [0.5, 0.6) is 0 Å². The average Bonchev–Trinajstić information content (AvgIpc) is 2.26. The minimum absolute atomic E-state index is 0.276. The van der Waals surface area contributed by atoms with Gasteiger partial charge in [-0.25, -0.2) is 4.79 Å². The van der Waals surface area contributed by atoms with Crippen LogP contribution in [0.25, 0.3) is 11.3 Å². The molecule has 0 aliphatic rings. The van der Waals surface area contributed by atoms with Crippen LogP contribution in [0.15, 0.2) is 23.0 Å². The van der Waals surface area contributed by atoms with Gasteiger partial charge in [-0.3, -0.25) is 9.78 Å². The minimum Gasteiger partial charge on any atom is -0.477 e. The second kappa shape index (κ2) is 4.68.